The molecule has 3 atom stereocenters. The summed E-state index contributed by atoms with van der Waals surface area (Å²) in [4.78, 5) is 0. The summed E-state index contributed by atoms with van der Waals surface area (Å²) in [5, 5.41) is 1.92. The van der Waals surface area contributed by atoms with E-state index in [1.54, 1.807) is 5.19 Å². The topological polar surface area (TPSA) is 9.23 Å². The molecule has 0 amide bonds. The van der Waals surface area contributed by atoms with Crippen LogP contribution in [0.3, 0.4) is 0 Å². The van der Waals surface area contributed by atoms with Crippen molar-refractivity contribution in [3.63, 3.8) is 0 Å². The van der Waals surface area contributed by atoms with Crippen LogP contribution in [0.1, 0.15) is 65.7 Å². The highest BCUT2D eigenvalue weighted by Gasteiger charge is 2.52. The zero-order chi connectivity index (χ0) is 19.7. The van der Waals surface area contributed by atoms with Crippen LogP contribution in [-0.4, -0.2) is 22.7 Å². The van der Waals surface area contributed by atoms with Crippen LogP contribution in [0.15, 0.2) is 30.3 Å². The van der Waals surface area contributed by atoms with Crippen molar-refractivity contribution in [1.29, 1.82) is 0 Å². The van der Waals surface area contributed by atoms with E-state index in [2.05, 4.69) is 70.7 Å². The van der Waals surface area contributed by atoms with Gasteiger partial charge in [-0.3, -0.25) is 0 Å². The SMILES string of the molecule is C[Si](C[C@H]1CCC[C@]2(O[Si](C)(C)C(C)(C)C)CCCC[C@H]12)c1ccccc1. The third kappa shape index (κ3) is 4.62. The molecule has 0 spiro atoms. The second-order valence-electron chi connectivity index (χ2n) is 10.8. The van der Waals surface area contributed by atoms with Crippen LogP contribution in [0.2, 0.25) is 30.7 Å². The Bertz CT molecular complexity index is 603. The molecule has 2 fully saturated rings. The molecular weight excluding hydrogens is 360 g/mol. The van der Waals surface area contributed by atoms with Crippen LogP contribution in [0.5, 0.6) is 0 Å². The Balaban J connectivity index is 1.80. The van der Waals surface area contributed by atoms with E-state index in [0.717, 1.165) is 11.8 Å². The van der Waals surface area contributed by atoms with Gasteiger partial charge in [0, 0.05) is 0 Å². The molecule has 0 aliphatic heterocycles. The Kier molecular flexibility index (Phi) is 6.44. The summed E-state index contributed by atoms with van der Waals surface area (Å²) in [6.07, 6.45) is 9.64. The monoisotopic (exact) mass is 401 g/mol. The summed E-state index contributed by atoms with van der Waals surface area (Å²) in [5.74, 6) is 1.68. The zero-order valence-corrected chi connectivity index (χ0v) is 20.6. The van der Waals surface area contributed by atoms with Gasteiger partial charge in [-0.25, -0.2) is 0 Å². The molecule has 1 aromatic rings. The first-order chi connectivity index (χ1) is 12.6. The second kappa shape index (κ2) is 8.16. The maximum Gasteiger partial charge on any atom is 0.192 e. The van der Waals surface area contributed by atoms with Crippen LogP contribution in [0.25, 0.3) is 0 Å². The molecule has 2 aliphatic rings. The molecule has 0 unspecified atom stereocenters. The largest absolute Gasteiger partial charge is 0.411 e. The third-order valence-corrected chi connectivity index (χ3v) is 14.9. The van der Waals surface area contributed by atoms with Crippen molar-refractivity contribution >= 4 is 22.3 Å². The number of rotatable bonds is 5. The fraction of sp³-hybridized carbons (Fsp3) is 0.750. The zero-order valence-electron chi connectivity index (χ0n) is 18.6. The van der Waals surface area contributed by atoms with Gasteiger partial charge in [0.25, 0.3) is 0 Å². The first-order valence-electron chi connectivity index (χ1n) is 11.2. The first-order valence-corrected chi connectivity index (χ1v) is 16.3. The normalized spacial score (nSPS) is 29.6. The molecule has 0 heterocycles. The summed E-state index contributed by atoms with van der Waals surface area (Å²) in [5.41, 5.74) is 0.197. The van der Waals surface area contributed by atoms with Crippen LogP contribution in [-0.2, 0) is 4.43 Å². The molecular formula is C24H41OSi2. The number of fused-ring (bicyclic) bond motifs is 1. The third-order valence-electron chi connectivity index (χ3n) is 7.88. The quantitative estimate of drug-likeness (QED) is 0.495. The molecule has 3 rings (SSSR count). The van der Waals surface area contributed by atoms with E-state index in [9.17, 15) is 0 Å². The van der Waals surface area contributed by atoms with Gasteiger partial charge in [0.1, 0.15) is 0 Å². The molecule has 3 heteroatoms. The fourth-order valence-electron chi connectivity index (χ4n) is 5.39. The molecule has 27 heavy (non-hydrogen) atoms. The second-order valence-corrected chi connectivity index (χ2v) is 18.1. The summed E-state index contributed by atoms with van der Waals surface area (Å²) < 4.78 is 7.30. The number of hydrogen-bond donors (Lipinski definition) is 0. The summed E-state index contributed by atoms with van der Waals surface area (Å²) >= 11 is 0. The van der Waals surface area contributed by atoms with Crippen LogP contribution in [0.4, 0.5) is 0 Å². The van der Waals surface area contributed by atoms with Gasteiger partial charge in [0.2, 0.25) is 0 Å². The molecule has 1 radical (unpaired) electrons. The Morgan fingerprint density at radius 3 is 2.37 bits per heavy atom. The smallest absolute Gasteiger partial charge is 0.192 e. The van der Waals surface area contributed by atoms with Gasteiger partial charge in [0.15, 0.2) is 8.32 Å². The average Bonchev–Trinajstić information content (AvgIpc) is 2.61. The van der Waals surface area contributed by atoms with Gasteiger partial charge in [-0.1, -0.05) is 94.6 Å². The van der Waals surface area contributed by atoms with Crippen LogP contribution >= 0.6 is 0 Å². The lowest BCUT2D eigenvalue weighted by molar-refractivity contribution is -0.0843. The van der Waals surface area contributed by atoms with E-state index in [-0.39, 0.29) is 5.60 Å². The van der Waals surface area contributed by atoms with E-state index < -0.39 is 17.1 Å². The lowest BCUT2D eigenvalue weighted by Crippen LogP contribution is -2.57. The summed E-state index contributed by atoms with van der Waals surface area (Å²) in [6.45, 7) is 14.7. The molecule has 0 aromatic heterocycles. The molecule has 1 nitrogen and oxygen atoms in total. The molecule has 0 bridgehead atoms. The van der Waals surface area contributed by atoms with Gasteiger partial charge in [0.05, 0.1) is 14.4 Å². The van der Waals surface area contributed by atoms with Crippen LogP contribution in [0, 0.1) is 11.8 Å². The lowest BCUT2D eigenvalue weighted by atomic mass is 9.63. The minimum atomic E-state index is -1.73. The van der Waals surface area contributed by atoms with Crippen molar-refractivity contribution in [2.24, 2.45) is 11.8 Å². The van der Waals surface area contributed by atoms with Crippen molar-refractivity contribution < 1.29 is 4.43 Å². The van der Waals surface area contributed by atoms with Gasteiger partial charge >= 0.3 is 0 Å². The van der Waals surface area contributed by atoms with Gasteiger partial charge in [-0.2, -0.15) is 0 Å². The summed E-state index contributed by atoms with van der Waals surface area (Å²) in [6, 6.07) is 12.7. The highest BCUT2D eigenvalue weighted by molar-refractivity contribution is 6.74. The van der Waals surface area contributed by atoms with Crippen molar-refractivity contribution in [1.82, 2.24) is 0 Å². The fourth-order valence-corrected chi connectivity index (χ4v) is 9.34. The van der Waals surface area contributed by atoms with Crippen molar-refractivity contribution in [3.8, 4) is 0 Å². The van der Waals surface area contributed by atoms with Gasteiger partial charge in [-0.15, -0.1) is 0 Å². The Hall–Kier alpha value is -0.386. The van der Waals surface area contributed by atoms with Crippen LogP contribution < -0.4 is 5.19 Å². The molecule has 0 saturated heterocycles. The Morgan fingerprint density at radius 2 is 1.70 bits per heavy atom. The lowest BCUT2D eigenvalue weighted by Gasteiger charge is -2.56. The van der Waals surface area contributed by atoms with Gasteiger partial charge < -0.3 is 4.43 Å². The molecule has 1 aromatic carbocycles. The highest BCUT2D eigenvalue weighted by Crippen LogP contribution is 2.53. The van der Waals surface area contributed by atoms with E-state index in [4.69, 9.17) is 4.43 Å². The number of hydrogen-bond acceptors (Lipinski definition) is 1. The van der Waals surface area contributed by atoms with Gasteiger partial charge in [-0.05, 0) is 49.2 Å². The molecule has 151 valence electrons. The van der Waals surface area contributed by atoms with E-state index in [1.165, 1.54) is 51.0 Å². The Morgan fingerprint density at radius 1 is 1.04 bits per heavy atom. The van der Waals surface area contributed by atoms with Crippen molar-refractivity contribution in [2.75, 3.05) is 0 Å². The molecule has 2 aliphatic carbocycles. The maximum atomic E-state index is 7.30. The first kappa shape index (κ1) is 21.3. The van der Waals surface area contributed by atoms with E-state index in [0.29, 0.717) is 5.04 Å². The predicted molar refractivity (Wildman–Crippen MR) is 123 cm³/mol. The average molecular weight is 402 g/mol. The molecule has 0 N–H and O–H groups in total. The minimum absolute atomic E-state index is 0.197. The minimum Gasteiger partial charge on any atom is -0.411 e. The maximum absolute atomic E-state index is 7.30. The number of benzene rings is 1. The molecule has 2 saturated carbocycles. The summed E-state index contributed by atoms with van der Waals surface area (Å²) in [7, 11) is -2.19. The van der Waals surface area contributed by atoms with Crippen molar-refractivity contribution in [2.45, 2.75) is 102 Å². The predicted octanol–water partition coefficient (Wildman–Crippen LogP) is 6.77. The Labute approximate surface area is 171 Å². The van der Waals surface area contributed by atoms with E-state index >= 15 is 0 Å². The van der Waals surface area contributed by atoms with Crippen molar-refractivity contribution in [3.05, 3.63) is 30.3 Å². The standard InChI is InChI=1S/C24H41OSi2/c1-23(2,3)27(5,6)25-24-17-11-10-16-22(24)20(13-12-18-24)19-26(4)21-14-8-7-9-15-21/h7-9,14-15,20,22H,10-13,16-19H2,1-6H3/t20-,22-,24-/m1/s1. The van der Waals surface area contributed by atoms with E-state index in [1.807, 2.05) is 0 Å². The highest BCUT2D eigenvalue weighted by atomic mass is 28.4.